The topological polar surface area (TPSA) is 58.6 Å². The van der Waals surface area contributed by atoms with Gasteiger partial charge in [-0.15, -0.1) is 0 Å². The quantitative estimate of drug-likeness (QED) is 0.705. The van der Waals surface area contributed by atoms with Gasteiger partial charge in [0.2, 0.25) is 5.91 Å². The maximum absolute atomic E-state index is 14.5. The van der Waals surface area contributed by atoms with Crippen molar-refractivity contribution in [3.8, 4) is 0 Å². The molecular formula is C19H17F7N2O3. The average molecular weight is 454 g/mol. The van der Waals surface area contributed by atoms with Gasteiger partial charge in [0.15, 0.2) is 11.6 Å². The van der Waals surface area contributed by atoms with Gasteiger partial charge in [0, 0.05) is 31.3 Å². The Morgan fingerprint density at radius 1 is 1.10 bits per heavy atom. The normalized spacial score (nSPS) is 26.4. The Morgan fingerprint density at radius 2 is 1.68 bits per heavy atom. The van der Waals surface area contributed by atoms with Gasteiger partial charge in [-0.3, -0.25) is 4.79 Å². The van der Waals surface area contributed by atoms with Gasteiger partial charge < -0.3 is 15.0 Å². The third-order valence-electron chi connectivity index (χ3n) is 6.07. The highest BCUT2D eigenvalue weighted by atomic mass is 19.4. The molecule has 2 amide bonds. The van der Waals surface area contributed by atoms with Crippen molar-refractivity contribution in [3.63, 3.8) is 0 Å². The Morgan fingerprint density at radius 3 is 2.23 bits per heavy atom. The van der Waals surface area contributed by atoms with Gasteiger partial charge in [-0.2, -0.15) is 13.2 Å². The molecule has 0 radical (unpaired) electrons. The molecule has 1 aliphatic carbocycles. The highest BCUT2D eigenvalue weighted by Gasteiger charge is 2.54. The number of rotatable bonds is 4. The van der Waals surface area contributed by atoms with E-state index < -0.39 is 58.8 Å². The lowest BCUT2D eigenvalue weighted by atomic mass is 9.68. The molecule has 0 bridgehead atoms. The molecule has 4 rings (SSSR count). The van der Waals surface area contributed by atoms with Crippen molar-refractivity contribution in [1.82, 2.24) is 10.2 Å². The molecule has 1 aromatic carbocycles. The summed E-state index contributed by atoms with van der Waals surface area (Å²) in [5.74, 6) is -9.83. The zero-order valence-corrected chi connectivity index (χ0v) is 15.9. The molecule has 1 spiro atoms. The first kappa shape index (κ1) is 21.7. The number of carbonyl (C=O) groups excluding carboxylic acids is 2. The molecule has 3 aliphatic rings. The van der Waals surface area contributed by atoms with E-state index in [4.69, 9.17) is 4.74 Å². The summed E-state index contributed by atoms with van der Waals surface area (Å²) >= 11 is 0. The third kappa shape index (κ3) is 3.80. The van der Waals surface area contributed by atoms with Crippen molar-refractivity contribution in [1.29, 1.82) is 0 Å². The zero-order valence-electron chi connectivity index (χ0n) is 15.9. The summed E-state index contributed by atoms with van der Waals surface area (Å²) < 4.78 is 99.1. The van der Waals surface area contributed by atoms with Crippen LogP contribution in [0.25, 0.3) is 0 Å². The van der Waals surface area contributed by atoms with Gasteiger partial charge in [0.1, 0.15) is 6.61 Å². The van der Waals surface area contributed by atoms with Crippen LogP contribution in [0.2, 0.25) is 0 Å². The lowest BCUT2D eigenvalue weighted by Gasteiger charge is -2.48. The monoisotopic (exact) mass is 454 g/mol. The SMILES string of the molecule is O=C1NC2(CO1)CC(C(=O)N1CC(CC(F)(F)c3ccc(C(F)(F)F)c(F)c3F)C1)C2. The Bertz CT molecular complexity index is 922. The van der Waals surface area contributed by atoms with Crippen molar-refractivity contribution >= 4 is 12.0 Å². The molecule has 0 unspecified atom stereocenters. The molecule has 0 atom stereocenters. The molecule has 170 valence electrons. The van der Waals surface area contributed by atoms with Crippen molar-refractivity contribution in [3.05, 3.63) is 34.9 Å². The molecule has 31 heavy (non-hydrogen) atoms. The highest BCUT2D eigenvalue weighted by Crippen LogP contribution is 2.44. The van der Waals surface area contributed by atoms with Crippen LogP contribution in [0.3, 0.4) is 0 Å². The molecule has 0 aromatic heterocycles. The highest BCUT2D eigenvalue weighted by molar-refractivity contribution is 5.82. The fraction of sp³-hybridized carbons (Fsp3) is 0.579. The average Bonchev–Trinajstić information content (AvgIpc) is 2.99. The van der Waals surface area contributed by atoms with Gasteiger partial charge in [0.25, 0.3) is 5.92 Å². The molecule has 2 aliphatic heterocycles. The van der Waals surface area contributed by atoms with E-state index in [1.54, 1.807) is 0 Å². The summed E-state index contributed by atoms with van der Waals surface area (Å²) in [5, 5.41) is 2.64. The van der Waals surface area contributed by atoms with E-state index in [1.165, 1.54) is 4.90 Å². The Hall–Kier alpha value is -2.53. The summed E-state index contributed by atoms with van der Waals surface area (Å²) in [6.45, 7) is 0.122. The molecule has 1 N–H and O–H groups in total. The molecular weight excluding hydrogens is 437 g/mol. The number of nitrogens with one attached hydrogen (secondary N) is 1. The van der Waals surface area contributed by atoms with Crippen LogP contribution in [0.1, 0.15) is 30.4 Å². The molecule has 3 fully saturated rings. The van der Waals surface area contributed by atoms with Crippen molar-refractivity contribution in [2.75, 3.05) is 19.7 Å². The summed E-state index contributed by atoms with van der Waals surface area (Å²) in [6, 6.07) is 0.338. The Labute approximate surface area is 171 Å². The van der Waals surface area contributed by atoms with E-state index in [2.05, 4.69) is 5.32 Å². The summed E-state index contributed by atoms with van der Waals surface area (Å²) in [5.41, 5.74) is -3.95. The van der Waals surface area contributed by atoms with E-state index in [1.807, 2.05) is 0 Å². The number of cyclic esters (lactones) is 1. The van der Waals surface area contributed by atoms with Crippen molar-refractivity contribution in [2.24, 2.45) is 11.8 Å². The van der Waals surface area contributed by atoms with Gasteiger partial charge in [0.05, 0.1) is 16.7 Å². The van der Waals surface area contributed by atoms with E-state index in [0.29, 0.717) is 12.8 Å². The fourth-order valence-electron chi connectivity index (χ4n) is 4.43. The molecule has 1 aromatic rings. The lowest BCUT2D eigenvalue weighted by molar-refractivity contribution is -0.150. The Kier molecular flexibility index (Phi) is 4.89. The van der Waals surface area contributed by atoms with Crippen LogP contribution >= 0.6 is 0 Å². The number of hydrogen-bond acceptors (Lipinski definition) is 3. The number of alkyl halides is 5. The van der Waals surface area contributed by atoms with Crippen LogP contribution in [0.5, 0.6) is 0 Å². The standard InChI is InChI=1S/C19H17F7N2O3/c20-13-11(1-2-12(14(13)21)19(24,25)26)18(22,23)3-9-6-28(7-9)15(29)10-4-17(5-10)8-31-16(30)27-17/h1-2,9-10H,3-8H2,(H,27,30). The predicted molar refractivity (Wildman–Crippen MR) is 89.9 cm³/mol. The molecule has 5 nitrogen and oxygen atoms in total. The number of halogens is 7. The molecule has 1 saturated carbocycles. The predicted octanol–water partition coefficient (Wildman–Crippen LogP) is 3.81. The minimum atomic E-state index is -5.21. The molecule has 2 saturated heterocycles. The number of amides is 2. The van der Waals surface area contributed by atoms with E-state index in [9.17, 15) is 40.3 Å². The summed E-state index contributed by atoms with van der Waals surface area (Å²) in [7, 11) is 0. The van der Waals surface area contributed by atoms with Crippen LogP contribution in [0.15, 0.2) is 12.1 Å². The largest absolute Gasteiger partial charge is 0.447 e. The maximum atomic E-state index is 14.5. The van der Waals surface area contributed by atoms with Gasteiger partial charge in [-0.25, -0.2) is 22.4 Å². The summed E-state index contributed by atoms with van der Waals surface area (Å²) in [6.07, 6.45) is -5.93. The zero-order chi connectivity index (χ0) is 22.8. The number of hydrogen-bond donors (Lipinski definition) is 1. The Balaban J connectivity index is 1.33. The number of alkyl carbamates (subject to hydrolysis) is 1. The minimum Gasteiger partial charge on any atom is -0.447 e. The maximum Gasteiger partial charge on any atom is 0.419 e. The number of carbonyl (C=O) groups is 2. The first-order valence-electron chi connectivity index (χ1n) is 9.48. The number of benzene rings is 1. The van der Waals surface area contributed by atoms with Crippen LogP contribution in [-0.4, -0.2) is 42.1 Å². The van der Waals surface area contributed by atoms with Crippen molar-refractivity contribution < 1.29 is 45.1 Å². The van der Waals surface area contributed by atoms with E-state index in [-0.39, 0.29) is 43.7 Å². The second-order valence-electron chi connectivity index (χ2n) is 8.39. The van der Waals surface area contributed by atoms with Gasteiger partial charge in [-0.05, 0) is 25.0 Å². The first-order chi connectivity index (χ1) is 14.3. The lowest BCUT2D eigenvalue weighted by Crippen LogP contribution is -2.61. The third-order valence-corrected chi connectivity index (χ3v) is 6.07. The van der Waals surface area contributed by atoms with Crippen LogP contribution in [-0.2, 0) is 21.6 Å². The van der Waals surface area contributed by atoms with Crippen LogP contribution < -0.4 is 5.32 Å². The summed E-state index contributed by atoms with van der Waals surface area (Å²) in [4.78, 5) is 24.9. The fourth-order valence-corrected chi connectivity index (χ4v) is 4.43. The van der Waals surface area contributed by atoms with Crippen LogP contribution in [0, 0.1) is 23.5 Å². The van der Waals surface area contributed by atoms with Gasteiger partial charge >= 0.3 is 12.3 Å². The molecule has 2 heterocycles. The minimum absolute atomic E-state index is 0.0223. The first-order valence-corrected chi connectivity index (χ1v) is 9.48. The number of ether oxygens (including phenoxy) is 1. The van der Waals surface area contributed by atoms with E-state index in [0.717, 1.165) is 0 Å². The second kappa shape index (κ2) is 6.99. The smallest absolute Gasteiger partial charge is 0.419 e. The molecule has 12 heteroatoms. The van der Waals surface area contributed by atoms with Crippen molar-refractivity contribution in [2.45, 2.75) is 36.9 Å². The van der Waals surface area contributed by atoms with Gasteiger partial charge in [-0.1, -0.05) is 0 Å². The number of nitrogens with zero attached hydrogens (tertiary/aromatic N) is 1. The number of likely N-dealkylation sites (tertiary alicyclic amines) is 1. The van der Waals surface area contributed by atoms with Crippen LogP contribution in [0.4, 0.5) is 35.5 Å². The second-order valence-corrected chi connectivity index (χ2v) is 8.39. The van der Waals surface area contributed by atoms with E-state index >= 15 is 0 Å².